The van der Waals surface area contributed by atoms with Crippen LogP contribution >= 0.6 is 0 Å². The number of anilines is 1. The molecule has 27 heavy (non-hydrogen) atoms. The lowest BCUT2D eigenvalue weighted by molar-refractivity contribution is -0.393. The maximum Gasteiger partial charge on any atom is 0.360 e. The molecule has 0 aliphatic rings. The lowest BCUT2D eigenvalue weighted by Gasteiger charge is -2.21. The van der Waals surface area contributed by atoms with Crippen molar-refractivity contribution in [3.63, 3.8) is 0 Å². The van der Waals surface area contributed by atoms with Gasteiger partial charge < -0.3 is 4.74 Å². The van der Waals surface area contributed by atoms with Crippen LogP contribution in [0.4, 0.5) is 17.1 Å². The highest BCUT2D eigenvalue weighted by atomic mass is 16.6. The Bertz CT molecular complexity index is 938. The summed E-state index contributed by atoms with van der Waals surface area (Å²) in [6, 6.07) is 2.78. The largest absolute Gasteiger partial charge is 0.461 e. The molecule has 0 fully saturated rings. The van der Waals surface area contributed by atoms with E-state index >= 15 is 0 Å². The van der Waals surface area contributed by atoms with Crippen molar-refractivity contribution in [3.05, 3.63) is 49.8 Å². The van der Waals surface area contributed by atoms with Gasteiger partial charge in [0.2, 0.25) is 5.91 Å². The zero-order valence-electron chi connectivity index (χ0n) is 14.5. The minimum atomic E-state index is -0.864. The van der Waals surface area contributed by atoms with Crippen LogP contribution in [-0.4, -0.2) is 43.4 Å². The van der Waals surface area contributed by atoms with Crippen molar-refractivity contribution < 1.29 is 24.2 Å². The van der Waals surface area contributed by atoms with Crippen LogP contribution in [0.1, 0.15) is 30.0 Å². The number of amides is 1. The van der Waals surface area contributed by atoms with E-state index in [9.17, 15) is 29.8 Å². The number of hydrogen-bond donors (Lipinski definition) is 0. The number of benzene rings is 1. The molecule has 1 aromatic carbocycles. The Kier molecular flexibility index (Phi) is 5.43. The summed E-state index contributed by atoms with van der Waals surface area (Å²) < 4.78 is 4.83. The first-order valence-corrected chi connectivity index (χ1v) is 7.52. The highest BCUT2D eigenvalue weighted by Gasteiger charge is 2.30. The zero-order chi connectivity index (χ0) is 20.3. The molecule has 0 atom stereocenters. The molecule has 2 rings (SSSR count). The van der Waals surface area contributed by atoms with Crippen molar-refractivity contribution in [2.24, 2.45) is 0 Å². The number of non-ortho nitro benzene ring substituents is 1. The van der Waals surface area contributed by atoms with Gasteiger partial charge in [0.25, 0.3) is 5.69 Å². The Morgan fingerprint density at radius 3 is 2.44 bits per heavy atom. The van der Waals surface area contributed by atoms with E-state index in [4.69, 9.17) is 4.74 Å². The summed E-state index contributed by atoms with van der Waals surface area (Å²) in [4.78, 5) is 45.5. The fraction of sp³-hybridized carbons (Fsp3) is 0.286. The smallest absolute Gasteiger partial charge is 0.360 e. The number of carbonyl (C=O) groups is 2. The maximum absolute atomic E-state index is 12.2. The Morgan fingerprint density at radius 2 is 1.93 bits per heavy atom. The lowest BCUT2D eigenvalue weighted by atomic mass is 10.2. The van der Waals surface area contributed by atoms with Crippen LogP contribution in [0.3, 0.4) is 0 Å². The first kappa shape index (κ1) is 19.4. The van der Waals surface area contributed by atoms with Crippen molar-refractivity contribution in [1.29, 1.82) is 0 Å². The summed E-state index contributed by atoms with van der Waals surface area (Å²) in [5, 5.41) is 30.4. The first-order valence-electron chi connectivity index (χ1n) is 7.52. The van der Waals surface area contributed by atoms with Crippen LogP contribution in [0.2, 0.25) is 0 Å². The fourth-order valence-electron chi connectivity index (χ4n) is 2.26. The van der Waals surface area contributed by atoms with Crippen molar-refractivity contribution in [2.75, 3.05) is 11.6 Å². The molecule has 1 aromatic heterocycles. The van der Waals surface area contributed by atoms with Crippen molar-refractivity contribution in [1.82, 2.24) is 15.1 Å². The summed E-state index contributed by atoms with van der Waals surface area (Å²) >= 11 is 0. The molecule has 1 heterocycles. The van der Waals surface area contributed by atoms with Crippen LogP contribution in [0.5, 0.6) is 0 Å². The van der Waals surface area contributed by atoms with E-state index in [1.807, 2.05) is 0 Å². The molecular formula is C14H14N6O7. The topological polar surface area (TPSA) is 164 Å². The van der Waals surface area contributed by atoms with Gasteiger partial charge in [-0.15, -0.1) is 9.89 Å². The third-order valence-electron chi connectivity index (χ3n) is 3.42. The number of nitro groups is 2. The quantitative estimate of drug-likeness (QED) is 0.410. The highest BCUT2D eigenvalue weighted by molar-refractivity contribution is 5.94. The summed E-state index contributed by atoms with van der Waals surface area (Å²) in [7, 11) is 0. The molecule has 1 amide bonds. The Balaban J connectivity index is 2.64. The second-order valence-electron chi connectivity index (χ2n) is 5.15. The Hall–Kier alpha value is -3.90. The molecule has 0 radical (unpaired) electrons. The van der Waals surface area contributed by atoms with Crippen LogP contribution < -0.4 is 5.01 Å². The average molecular weight is 378 g/mol. The van der Waals surface area contributed by atoms with E-state index in [1.165, 1.54) is 6.92 Å². The van der Waals surface area contributed by atoms with E-state index in [2.05, 4.69) is 10.3 Å². The predicted molar refractivity (Wildman–Crippen MR) is 89.0 cm³/mol. The third kappa shape index (κ3) is 3.70. The van der Waals surface area contributed by atoms with Crippen LogP contribution in [0.25, 0.3) is 0 Å². The monoisotopic (exact) mass is 378 g/mol. The van der Waals surface area contributed by atoms with Gasteiger partial charge in [0.1, 0.15) is 5.69 Å². The van der Waals surface area contributed by atoms with E-state index in [0.717, 1.165) is 34.9 Å². The summed E-state index contributed by atoms with van der Waals surface area (Å²) in [6.07, 6.45) is 0. The van der Waals surface area contributed by atoms with Gasteiger partial charge in [-0.2, -0.15) is 5.01 Å². The molecule has 0 bridgehead atoms. The third-order valence-corrected chi connectivity index (χ3v) is 3.42. The Labute approximate surface area is 151 Å². The van der Waals surface area contributed by atoms with Gasteiger partial charge in [0, 0.05) is 13.0 Å². The van der Waals surface area contributed by atoms with Gasteiger partial charge in [-0.25, -0.2) is 4.79 Å². The highest BCUT2D eigenvalue weighted by Crippen LogP contribution is 2.32. The van der Waals surface area contributed by atoms with Gasteiger partial charge in [-0.05, 0) is 25.1 Å². The number of carbonyl (C=O) groups excluding carboxylic acids is 2. The molecule has 0 unspecified atom stereocenters. The molecule has 142 valence electrons. The van der Waals surface area contributed by atoms with Crippen molar-refractivity contribution in [2.45, 2.75) is 20.8 Å². The summed E-state index contributed by atoms with van der Waals surface area (Å²) in [5.41, 5.74) is -1.56. The van der Waals surface area contributed by atoms with Gasteiger partial charge in [0.15, 0.2) is 5.69 Å². The summed E-state index contributed by atoms with van der Waals surface area (Å²) in [5.74, 6) is -1.47. The maximum atomic E-state index is 12.2. The number of esters is 1. The second-order valence-corrected chi connectivity index (χ2v) is 5.15. The normalized spacial score (nSPS) is 10.3. The van der Waals surface area contributed by atoms with E-state index in [0.29, 0.717) is 0 Å². The van der Waals surface area contributed by atoms with Crippen molar-refractivity contribution in [3.8, 4) is 0 Å². The minimum absolute atomic E-state index is 0.0926. The Morgan fingerprint density at radius 1 is 1.26 bits per heavy atom. The molecule has 0 saturated carbocycles. The van der Waals surface area contributed by atoms with Crippen molar-refractivity contribution >= 4 is 28.9 Å². The number of nitro benzene ring substituents is 2. The molecular weight excluding hydrogens is 364 g/mol. The molecule has 0 N–H and O–H groups in total. The van der Waals surface area contributed by atoms with E-state index in [-0.39, 0.29) is 23.7 Å². The van der Waals surface area contributed by atoms with Crippen LogP contribution in [-0.2, 0) is 9.53 Å². The average Bonchev–Trinajstić information content (AvgIpc) is 2.96. The summed E-state index contributed by atoms with van der Waals surface area (Å²) in [6.45, 7) is 4.21. The van der Waals surface area contributed by atoms with Crippen LogP contribution in [0.15, 0.2) is 18.2 Å². The SMILES string of the molecule is CCOC(=O)c1nnn(N(C(C)=O)c2ccc([N+](=O)[O-])cc2[N+](=O)[O-])c1C. The molecule has 0 spiro atoms. The second kappa shape index (κ2) is 7.55. The van der Waals surface area contributed by atoms with Gasteiger partial charge in [-0.1, -0.05) is 0 Å². The number of hydrogen-bond acceptors (Lipinski definition) is 9. The minimum Gasteiger partial charge on any atom is -0.461 e. The fourth-order valence-corrected chi connectivity index (χ4v) is 2.26. The van der Waals surface area contributed by atoms with Crippen LogP contribution in [0, 0.1) is 27.2 Å². The number of aromatic nitrogens is 3. The predicted octanol–water partition coefficient (Wildman–Crippen LogP) is 1.40. The van der Waals surface area contributed by atoms with E-state index in [1.54, 1.807) is 6.92 Å². The molecule has 0 aliphatic carbocycles. The molecule has 0 aliphatic heterocycles. The lowest BCUT2D eigenvalue weighted by Crippen LogP contribution is -2.36. The van der Waals surface area contributed by atoms with Gasteiger partial charge in [-0.3, -0.25) is 25.0 Å². The van der Waals surface area contributed by atoms with Gasteiger partial charge in [0.05, 0.1) is 28.2 Å². The van der Waals surface area contributed by atoms with E-state index < -0.39 is 33.1 Å². The molecule has 13 heteroatoms. The standard InChI is InChI=1S/C14H14N6O7/c1-4-27-14(22)13-8(2)18(16-15-13)17(9(3)21)11-6-5-10(19(23)24)7-12(11)20(25)26/h5-7H,4H2,1-3H3. The number of rotatable bonds is 6. The van der Waals surface area contributed by atoms with Gasteiger partial charge >= 0.3 is 11.7 Å². The number of ether oxygens (including phenoxy) is 1. The first-order chi connectivity index (χ1) is 12.7. The molecule has 2 aromatic rings. The molecule has 13 nitrogen and oxygen atoms in total. The number of nitrogens with zero attached hydrogens (tertiary/aromatic N) is 6. The molecule has 0 saturated heterocycles. The zero-order valence-corrected chi connectivity index (χ0v) is 14.5.